The zero-order valence-electron chi connectivity index (χ0n) is 12.5. The van der Waals surface area contributed by atoms with Crippen LogP contribution in [0.25, 0.3) is 6.08 Å². The first-order valence-electron chi connectivity index (χ1n) is 7.14. The van der Waals surface area contributed by atoms with E-state index < -0.39 is 5.97 Å². The summed E-state index contributed by atoms with van der Waals surface area (Å²) in [5.74, 6) is -0.189. The molecule has 0 bridgehead atoms. The third-order valence-electron chi connectivity index (χ3n) is 3.37. The average Bonchev–Trinajstić information content (AvgIpc) is 2.89. The van der Waals surface area contributed by atoms with Crippen LogP contribution in [0.15, 0.2) is 76.4 Å². The number of carbonyl (C=O) groups excluding carboxylic acids is 1. The van der Waals surface area contributed by atoms with Crippen LogP contribution in [0.1, 0.15) is 16.7 Å². The van der Waals surface area contributed by atoms with Crippen LogP contribution < -0.4 is 0 Å². The highest BCUT2D eigenvalue weighted by atomic mass is 35.5. The first-order valence-corrected chi connectivity index (χ1v) is 7.52. The molecule has 0 unspecified atom stereocenters. The van der Waals surface area contributed by atoms with Crippen molar-refractivity contribution in [3.05, 3.63) is 88.1 Å². The minimum atomic E-state index is -0.497. The van der Waals surface area contributed by atoms with Crippen molar-refractivity contribution in [2.45, 2.75) is 6.92 Å². The lowest BCUT2D eigenvalue weighted by Gasteiger charge is -2.02. The van der Waals surface area contributed by atoms with Gasteiger partial charge >= 0.3 is 5.97 Å². The molecule has 23 heavy (non-hydrogen) atoms. The summed E-state index contributed by atoms with van der Waals surface area (Å²) in [4.78, 5) is 16.2. The molecule has 3 rings (SSSR count). The largest absolute Gasteiger partial charge is 0.402 e. The molecule has 0 aromatic heterocycles. The van der Waals surface area contributed by atoms with Crippen molar-refractivity contribution < 1.29 is 9.53 Å². The summed E-state index contributed by atoms with van der Waals surface area (Å²) < 4.78 is 5.25. The van der Waals surface area contributed by atoms with Crippen LogP contribution in [0.2, 0.25) is 0 Å². The van der Waals surface area contributed by atoms with Gasteiger partial charge in [0.25, 0.3) is 0 Å². The van der Waals surface area contributed by atoms with Crippen molar-refractivity contribution >= 4 is 29.5 Å². The SMILES string of the molecule is Cc1ccccc1C1=NC(=C/C(Cl)=C/c2ccccc2)C(=O)O1. The van der Waals surface area contributed by atoms with Crippen molar-refractivity contribution in [2.24, 2.45) is 4.99 Å². The number of hydrogen-bond donors (Lipinski definition) is 0. The van der Waals surface area contributed by atoms with Crippen molar-refractivity contribution in [3.63, 3.8) is 0 Å². The predicted molar refractivity (Wildman–Crippen MR) is 92.2 cm³/mol. The van der Waals surface area contributed by atoms with Gasteiger partial charge in [0.15, 0.2) is 5.70 Å². The second kappa shape index (κ2) is 6.63. The highest BCUT2D eigenvalue weighted by Crippen LogP contribution is 2.21. The Morgan fingerprint density at radius 2 is 1.78 bits per heavy atom. The van der Waals surface area contributed by atoms with E-state index in [0.29, 0.717) is 10.9 Å². The minimum Gasteiger partial charge on any atom is -0.402 e. The lowest BCUT2D eigenvalue weighted by molar-refractivity contribution is -0.130. The van der Waals surface area contributed by atoms with Gasteiger partial charge in [-0.15, -0.1) is 0 Å². The van der Waals surface area contributed by atoms with Crippen molar-refractivity contribution in [3.8, 4) is 0 Å². The number of allylic oxidation sites excluding steroid dienone is 2. The van der Waals surface area contributed by atoms with E-state index in [0.717, 1.165) is 16.7 Å². The molecule has 0 spiro atoms. The fourth-order valence-corrected chi connectivity index (χ4v) is 2.45. The summed E-state index contributed by atoms with van der Waals surface area (Å²) in [5, 5.41) is 0.415. The number of hydrogen-bond acceptors (Lipinski definition) is 3. The number of halogens is 1. The van der Waals surface area contributed by atoms with E-state index in [-0.39, 0.29) is 5.70 Å². The van der Waals surface area contributed by atoms with Crippen LogP contribution in [-0.4, -0.2) is 11.9 Å². The van der Waals surface area contributed by atoms with Gasteiger partial charge < -0.3 is 4.74 Å². The summed E-state index contributed by atoms with van der Waals surface area (Å²) >= 11 is 6.19. The van der Waals surface area contributed by atoms with Gasteiger partial charge in [0.05, 0.1) is 0 Å². The number of carbonyl (C=O) groups is 1. The molecule has 0 amide bonds. The number of aliphatic imine (C=N–C) groups is 1. The zero-order valence-corrected chi connectivity index (χ0v) is 13.2. The normalized spacial score (nSPS) is 16.4. The van der Waals surface area contributed by atoms with Gasteiger partial charge in [-0.3, -0.25) is 0 Å². The Hall–Kier alpha value is -2.65. The molecule has 0 saturated carbocycles. The third kappa shape index (κ3) is 3.58. The Kier molecular flexibility index (Phi) is 4.40. The Morgan fingerprint density at radius 3 is 2.52 bits per heavy atom. The molecule has 1 aliphatic rings. The average molecular weight is 324 g/mol. The minimum absolute atomic E-state index is 0.195. The van der Waals surface area contributed by atoms with Crippen LogP contribution in [0.3, 0.4) is 0 Å². The molecule has 0 radical (unpaired) electrons. The molecule has 3 nitrogen and oxygen atoms in total. The van der Waals surface area contributed by atoms with Crippen molar-refractivity contribution in [1.29, 1.82) is 0 Å². The van der Waals surface area contributed by atoms with E-state index in [9.17, 15) is 4.79 Å². The second-order valence-electron chi connectivity index (χ2n) is 5.09. The van der Waals surface area contributed by atoms with Gasteiger partial charge in [-0.05, 0) is 36.3 Å². The van der Waals surface area contributed by atoms with Gasteiger partial charge in [-0.25, -0.2) is 9.79 Å². The first kappa shape index (κ1) is 15.3. The van der Waals surface area contributed by atoms with Crippen LogP contribution >= 0.6 is 11.6 Å². The van der Waals surface area contributed by atoms with Crippen molar-refractivity contribution in [2.75, 3.05) is 0 Å². The fourth-order valence-electron chi connectivity index (χ4n) is 2.22. The number of rotatable bonds is 3. The summed E-state index contributed by atoms with van der Waals surface area (Å²) in [6, 6.07) is 17.2. The molecule has 1 heterocycles. The maximum Gasteiger partial charge on any atom is 0.363 e. The first-order chi connectivity index (χ1) is 11.1. The monoisotopic (exact) mass is 323 g/mol. The van der Waals surface area contributed by atoms with E-state index in [1.165, 1.54) is 6.08 Å². The van der Waals surface area contributed by atoms with Crippen LogP contribution in [0.4, 0.5) is 0 Å². The fraction of sp³-hybridized carbons (Fsp3) is 0.0526. The van der Waals surface area contributed by atoms with E-state index >= 15 is 0 Å². The zero-order chi connectivity index (χ0) is 16.2. The summed E-state index contributed by atoms with van der Waals surface area (Å²) in [5.41, 5.74) is 2.93. The van der Waals surface area contributed by atoms with Crippen LogP contribution in [0, 0.1) is 6.92 Å². The molecular weight excluding hydrogens is 310 g/mol. The third-order valence-corrected chi connectivity index (χ3v) is 3.59. The maximum absolute atomic E-state index is 12.0. The quantitative estimate of drug-likeness (QED) is 0.618. The highest BCUT2D eigenvalue weighted by molar-refractivity contribution is 6.33. The van der Waals surface area contributed by atoms with Crippen LogP contribution in [-0.2, 0) is 9.53 Å². The Morgan fingerprint density at radius 1 is 1.09 bits per heavy atom. The molecule has 2 aromatic rings. The van der Waals surface area contributed by atoms with E-state index in [4.69, 9.17) is 16.3 Å². The predicted octanol–water partition coefficient (Wildman–Crippen LogP) is 4.46. The van der Waals surface area contributed by atoms with E-state index in [1.807, 2.05) is 61.5 Å². The highest BCUT2D eigenvalue weighted by Gasteiger charge is 2.25. The van der Waals surface area contributed by atoms with Gasteiger partial charge in [0.2, 0.25) is 5.90 Å². The molecule has 1 aliphatic heterocycles. The Bertz CT molecular complexity index is 835. The molecule has 0 atom stereocenters. The van der Waals surface area contributed by atoms with Gasteiger partial charge in [-0.2, -0.15) is 0 Å². The Labute approximate surface area is 139 Å². The number of nitrogens with zero attached hydrogens (tertiary/aromatic N) is 1. The van der Waals surface area contributed by atoms with E-state index in [1.54, 1.807) is 6.08 Å². The number of aryl methyl sites for hydroxylation is 1. The lowest BCUT2D eigenvalue weighted by atomic mass is 10.1. The molecule has 0 N–H and O–H groups in total. The maximum atomic E-state index is 12.0. The standard InChI is InChI=1S/C19H14ClNO2/c1-13-7-5-6-10-16(13)18-21-17(19(22)23-18)12-15(20)11-14-8-3-2-4-9-14/h2-12H,1H3/b15-11-,17-12?. The second-order valence-corrected chi connectivity index (χ2v) is 5.53. The molecule has 0 saturated heterocycles. The number of benzene rings is 2. The lowest BCUT2D eigenvalue weighted by Crippen LogP contribution is -2.06. The Balaban J connectivity index is 1.89. The molecule has 0 aliphatic carbocycles. The van der Waals surface area contributed by atoms with Gasteiger partial charge in [-0.1, -0.05) is 60.1 Å². The van der Waals surface area contributed by atoms with Crippen molar-refractivity contribution in [1.82, 2.24) is 0 Å². The van der Waals surface area contributed by atoms with E-state index in [2.05, 4.69) is 4.99 Å². The van der Waals surface area contributed by atoms with Gasteiger partial charge in [0, 0.05) is 10.6 Å². The molecule has 114 valence electrons. The molecular formula is C19H14ClNO2. The summed E-state index contributed by atoms with van der Waals surface area (Å²) in [6.45, 7) is 1.94. The molecule has 4 heteroatoms. The topological polar surface area (TPSA) is 38.7 Å². The summed E-state index contributed by atoms with van der Waals surface area (Å²) in [6.07, 6.45) is 3.28. The summed E-state index contributed by atoms with van der Waals surface area (Å²) in [7, 11) is 0. The number of esters is 1. The molecule has 2 aromatic carbocycles. The van der Waals surface area contributed by atoms with Gasteiger partial charge in [0.1, 0.15) is 0 Å². The van der Waals surface area contributed by atoms with Crippen LogP contribution in [0.5, 0.6) is 0 Å². The molecule has 0 fully saturated rings. The number of cyclic esters (lactones) is 1. The number of ether oxygens (including phenoxy) is 1. The smallest absolute Gasteiger partial charge is 0.363 e.